The smallest absolute Gasteiger partial charge is 0.267 e. The van der Waals surface area contributed by atoms with Crippen molar-refractivity contribution >= 4 is 5.69 Å². The van der Waals surface area contributed by atoms with Gasteiger partial charge < -0.3 is 9.64 Å². The second-order valence-electron chi connectivity index (χ2n) is 6.16. The van der Waals surface area contributed by atoms with Gasteiger partial charge in [-0.05, 0) is 26.0 Å². The molecule has 1 atom stereocenters. The summed E-state index contributed by atoms with van der Waals surface area (Å²) in [6.07, 6.45) is 0. The second-order valence-corrected chi connectivity index (χ2v) is 6.16. The van der Waals surface area contributed by atoms with E-state index in [0.717, 1.165) is 12.2 Å². The fourth-order valence-corrected chi connectivity index (χ4v) is 2.71. The molecule has 0 radical (unpaired) electrons. The molecule has 4 heteroatoms. The summed E-state index contributed by atoms with van der Waals surface area (Å²) in [6, 6.07) is 10.3. The molecule has 2 heterocycles. The van der Waals surface area contributed by atoms with Crippen LogP contribution in [0.25, 0.3) is 0 Å². The minimum absolute atomic E-state index is 0.0277. The maximum Gasteiger partial charge on any atom is 0.267 e. The Kier molecular flexibility index (Phi) is 2.15. The predicted molar refractivity (Wildman–Crippen MR) is 70.3 cm³/mol. The summed E-state index contributed by atoms with van der Waals surface area (Å²) in [5, 5.41) is 8.74. The third-order valence-corrected chi connectivity index (χ3v) is 3.69. The van der Waals surface area contributed by atoms with Gasteiger partial charge in [-0.3, -0.25) is 0 Å². The van der Waals surface area contributed by atoms with Crippen LogP contribution < -0.4 is 4.90 Å². The molecular weight excluding hydrogens is 226 g/mol. The van der Waals surface area contributed by atoms with Crippen LogP contribution >= 0.6 is 0 Å². The number of anilines is 1. The topological polar surface area (TPSA) is 37.2 Å². The van der Waals surface area contributed by atoms with Crippen LogP contribution in [0.4, 0.5) is 5.69 Å². The number of benzene rings is 1. The fourth-order valence-electron chi connectivity index (χ4n) is 2.71. The number of nitrogens with zero attached hydrogens (tertiary/aromatic N) is 3. The summed E-state index contributed by atoms with van der Waals surface area (Å²) < 4.78 is 6.15. The zero-order valence-corrected chi connectivity index (χ0v) is 11.3. The summed E-state index contributed by atoms with van der Waals surface area (Å²) in [4.78, 5) is 2.19. The van der Waals surface area contributed by atoms with Gasteiger partial charge in [0.25, 0.3) is 5.85 Å². The van der Waals surface area contributed by atoms with Crippen molar-refractivity contribution in [2.75, 3.05) is 11.4 Å². The van der Waals surface area contributed by atoms with Crippen LogP contribution in [0.5, 0.6) is 0 Å². The number of ether oxygens (including phenoxy) is 1. The van der Waals surface area contributed by atoms with Gasteiger partial charge in [0.15, 0.2) is 5.72 Å². The monoisotopic (exact) mass is 245 g/mol. The van der Waals surface area contributed by atoms with E-state index >= 15 is 0 Å². The van der Waals surface area contributed by atoms with Crippen LogP contribution in [0, 0.1) is 5.41 Å². The second kappa shape index (κ2) is 3.32. The van der Waals surface area contributed by atoms with Crippen molar-refractivity contribution in [1.82, 2.24) is 0 Å². The zero-order valence-electron chi connectivity index (χ0n) is 11.3. The lowest BCUT2D eigenvalue weighted by Crippen LogP contribution is -2.72. The van der Waals surface area contributed by atoms with E-state index in [2.05, 4.69) is 41.1 Å². The lowest BCUT2D eigenvalue weighted by molar-refractivity contribution is -0.194. The van der Waals surface area contributed by atoms with Gasteiger partial charge in [0.1, 0.15) is 0 Å². The first-order valence-electron chi connectivity index (χ1n) is 6.33. The van der Waals surface area contributed by atoms with E-state index in [0.29, 0.717) is 0 Å². The minimum Gasteiger partial charge on any atom is -0.322 e. The molecule has 1 fully saturated rings. The van der Waals surface area contributed by atoms with Crippen molar-refractivity contribution < 1.29 is 4.74 Å². The van der Waals surface area contributed by atoms with E-state index in [9.17, 15) is 0 Å². The van der Waals surface area contributed by atoms with Gasteiger partial charge in [-0.25, -0.2) is 0 Å². The van der Waals surface area contributed by atoms with E-state index in [1.807, 2.05) is 32.0 Å². The number of rotatable bonds is 1. The first-order valence-corrected chi connectivity index (χ1v) is 6.33. The quantitative estimate of drug-likeness (QED) is 0.760. The lowest BCUT2D eigenvalue weighted by Gasteiger charge is -2.59. The predicted octanol–water partition coefficient (Wildman–Crippen LogP) is 3.41. The van der Waals surface area contributed by atoms with E-state index in [1.54, 1.807) is 0 Å². The van der Waals surface area contributed by atoms with E-state index in [4.69, 9.17) is 4.74 Å². The molecule has 1 unspecified atom stereocenters. The van der Waals surface area contributed by atoms with Gasteiger partial charge in [-0.2, -0.15) is 5.11 Å². The molecule has 1 aromatic carbocycles. The lowest BCUT2D eigenvalue weighted by atomic mass is 9.76. The van der Waals surface area contributed by atoms with E-state index in [1.165, 1.54) is 0 Å². The fraction of sp³-hybridized carbons (Fsp3) is 0.571. The third-order valence-electron chi connectivity index (χ3n) is 3.69. The summed E-state index contributed by atoms with van der Waals surface area (Å²) >= 11 is 0. The maximum absolute atomic E-state index is 6.15. The van der Waals surface area contributed by atoms with Crippen molar-refractivity contribution in [2.45, 2.75) is 39.3 Å². The van der Waals surface area contributed by atoms with Gasteiger partial charge in [-0.15, -0.1) is 5.11 Å². The highest BCUT2D eigenvalue weighted by Gasteiger charge is 2.66. The minimum atomic E-state index is -0.641. The molecule has 1 aromatic rings. The summed E-state index contributed by atoms with van der Waals surface area (Å²) in [7, 11) is 0. The van der Waals surface area contributed by atoms with Gasteiger partial charge in [0.05, 0.1) is 5.41 Å². The average molecular weight is 245 g/mol. The highest BCUT2D eigenvalue weighted by molar-refractivity contribution is 5.53. The van der Waals surface area contributed by atoms with Gasteiger partial charge in [-0.1, -0.05) is 32.0 Å². The molecule has 0 saturated carbocycles. The number of azo groups is 1. The van der Waals surface area contributed by atoms with Gasteiger partial charge in [0, 0.05) is 12.2 Å². The first-order chi connectivity index (χ1) is 8.36. The highest BCUT2D eigenvalue weighted by atomic mass is 16.6. The van der Waals surface area contributed by atoms with Crippen LogP contribution in [-0.4, -0.2) is 18.1 Å². The highest BCUT2D eigenvalue weighted by Crippen LogP contribution is 2.55. The number of hydrogen-bond acceptors (Lipinski definition) is 4. The van der Waals surface area contributed by atoms with Crippen molar-refractivity contribution in [2.24, 2.45) is 15.6 Å². The van der Waals surface area contributed by atoms with Crippen LogP contribution in [-0.2, 0) is 4.74 Å². The Labute approximate surface area is 108 Å². The average Bonchev–Trinajstić information content (AvgIpc) is 2.67. The molecule has 2 aliphatic heterocycles. The Morgan fingerprint density at radius 1 is 1.06 bits per heavy atom. The van der Waals surface area contributed by atoms with Crippen molar-refractivity contribution in [1.29, 1.82) is 0 Å². The molecule has 4 nitrogen and oxygen atoms in total. The molecule has 0 bridgehead atoms. The maximum atomic E-state index is 6.15. The molecule has 96 valence electrons. The molecule has 3 rings (SSSR count). The summed E-state index contributed by atoms with van der Waals surface area (Å²) in [5.74, 6) is -0.641. The molecule has 1 spiro atoms. The number of para-hydroxylation sites is 1. The summed E-state index contributed by atoms with van der Waals surface area (Å²) in [6.45, 7) is 9.16. The molecule has 0 aliphatic carbocycles. The van der Waals surface area contributed by atoms with Crippen molar-refractivity contribution in [3.05, 3.63) is 30.3 Å². The Hall–Kier alpha value is -1.42. The number of hydrogen-bond donors (Lipinski definition) is 0. The van der Waals surface area contributed by atoms with Crippen LogP contribution in [0.15, 0.2) is 40.6 Å². The molecule has 0 N–H and O–H groups in total. The molecular formula is C14H19N3O. The van der Waals surface area contributed by atoms with Gasteiger partial charge in [0.2, 0.25) is 0 Å². The molecule has 0 amide bonds. The van der Waals surface area contributed by atoms with Crippen LogP contribution in [0.1, 0.15) is 27.7 Å². The Balaban J connectivity index is 1.98. The van der Waals surface area contributed by atoms with E-state index < -0.39 is 11.6 Å². The van der Waals surface area contributed by atoms with Crippen LogP contribution in [0.2, 0.25) is 0 Å². The molecule has 0 aromatic heterocycles. The van der Waals surface area contributed by atoms with E-state index in [-0.39, 0.29) is 5.41 Å². The van der Waals surface area contributed by atoms with Gasteiger partial charge >= 0.3 is 0 Å². The largest absolute Gasteiger partial charge is 0.322 e. The van der Waals surface area contributed by atoms with Crippen LogP contribution in [0.3, 0.4) is 0 Å². The Morgan fingerprint density at radius 3 is 2.22 bits per heavy atom. The molecule has 1 saturated heterocycles. The normalized spacial score (nSPS) is 31.7. The summed E-state index contributed by atoms with van der Waals surface area (Å²) in [5.41, 5.74) is 0.568. The SMILES string of the molecule is CC1(C)N=NC2(O1)N(c1ccccc1)CC2(C)C. The standard InChI is InChI=1S/C14H19N3O/c1-12(2)10-17(11-8-6-5-7-9-11)14(12)16-15-13(3,4)18-14/h5-9H,10H2,1-4H3. The molecule has 2 aliphatic rings. The Morgan fingerprint density at radius 2 is 1.72 bits per heavy atom. The third kappa shape index (κ3) is 1.42. The first kappa shape index (κ1) is 11.7. The molecule has 18 heavy (non-hydrogen) atoms. The zero-order chi connectivity index (χ0) is 13.0. The van der Waals surface area contributed by atoms with Crippen molar-refractivity contribution in [3.8, 4) is 0 Å². The van der Waals surface area contributed by atoms with Crippen molar-refractivity contribution in [3.63, 3.8) is 0 Å². The Bertz CT molecular complexity index is 495.